The molecule has 0 saturated heterocycles. The number of fused-ring (bicyclic) bond motifs is 1. The van der Waals surface area contributed by atoms with Gasteiger partial charge in [-0.15, -0.1) is 0 Å². The standard InChI is InChI=1S/C14H15NO4S/c16-10-11-8-12-4-1-2-5-13(12)15(9-11)20(17,18)14-6-3-7-19-14/h1-7,11,16H,8-10H2. The van der Waals surface area contributed by atoms with Crippen molar-refractivity contribution in [2.24, 2.45) is 5.92 Å². The second-order valence-corrected chi connectivity index (χ2v) is 6.64. The Hall–Kier alpha value is -1.79. The van der Waals surface area contributed by atoms with Gasteiger partial charge in [-0.3, -0.25) is 4.31 Å². The number of hydrogen-bond acceptors (Lipinski definition) is 4. The minimum absolute atomic E-state index is 0.0431. The van der Waals surface area contributed by atoms with Crippen LogP contribution < -0.4 is 4.31 Å². The fraction of sp³-hybridized carbons (Fsp3) is 0.286. The van der Waals surface area contributed by atoms with E-state index in [0.29, 0.717) is 12.1 Å². The van der Waals surface area contributed by atoms with Crippen LogP contribution in [-0.4, -0.2) is 26.7 Å². The Morgan fingerprint density at radius 3 is 2.75 bits per heavy atom. The molecule has 106 valence electrons. The molecule has 1 N–H and O–H groups in total. The average Bonchev–Trinajstić information content (AvgIpc) is 3.01. The lowest BCUT2D eigenvalue weighted by atomic mass is 9.95. The maximum Gasteiger partial charge on any atom is 0.297 e. The molecule has 0 spiro atoms. The molecule has 1 aromatic heterocycles. The monoisotopic (exact) mass is 293 g/mol. The summed E-state index contributed by atoms with van der Waals surface area (Å²) in [5, 5.41) is 9.31. The van der Waals surface area contributed by atoms with Crippen molar-refractivity contribution in [3.05, 3.63) is 48.2 Å². The van der Waals surface area contributed by atoms with Gasteiger partial charge < -0.3 is 9.52 Å². The van der Waals surface area contributed by atoms with Gasteiger partial charge in [0.25, 0.3) is 10.0 Å². The van der Waals surface area contributed by atoms with Crippen LogP contribution in [0.15, 0.2) is 52.2 Å². The molecule has 1 aliphatic rings. The molecule has 2 heterocycles. The molecule has 0 saturated carbocycles. The summed E-state index contributed by atoms with van der Waals surface area (Å²) >= 11 is 0. The molecule has 1 aliphatic heterocycles. The first-order valence-corrected chi connectivity index (χ1v) is 7.82. The van der Waals surface area contributed by atoms with Crippen molar-refractivity contribution >= 4 is 15.7 Å². The van der Waals surface area contributed by atoms with E-state index in [0.717, 1.165) is 5.56 Å². The summed E-state index contributed by atoms with van der Waals surface area (Å²) in [7, 11) is -3.72. The number of sulfonamides is 1. The summed E-state index contributed by atoms with van der Waals surface area (Å²) in [5.41, 5.74) is 1.58. The lowest BCUT2D eigenvalue weighted by molar-refractivity contribution is 0.227. The first kappa shape index (κ1) is 13.2. The Morgan fingerprint density at radius 2 is 2.05 bits per heavy atom. The molecule has 0 aliphatic carbocycles. The van der Waals surface area contributed by atoms with Crippen molar-refractivity contribution in [3.8, 4) is 0 Å². The molecule has 20 heavy (non-hydrogen) atoms. The molecule has 0 fully saturated rings. The number of anilines is 1. The highest BCUT2D eigenvalue weighted by Crippen LogP contribution is 2.33. The molecule has 1 atom stereocenters. The van der Waals surface area contributed by atoms with Crippen molar-refractivity contribution in [1.29, 1.82) is 0 Å². The maximum atomic E-state index is 12.6. The van der Waals surface area contributed by atoms with Gasteiger partial charge in [0.2, 0.25) is 5.09 Å². The molecule has 2 aromatic rings. The van der Waals surface area contributed by atoms with Crippen LogP contribution in [-0.2, 0) is 16.4 Å². The highest BCUT2D eigenvalue weighted by molar-refractivity contribution is 7.92. The molecule has 0 bridgehead atoms. The molecule has 6 heteroatoms. The van der Waals surface area contributed by atoms with Crippen molar-refractivity contribution in [2.75, 3.05) is 17.5 Å². The summed E-state index contributed by atoms with van der Waals surface area (Å²) in [5.74, 6) is -0.102. The number of hydrogen-bond donors (Lipinski definition) is 1. The average molecular weight is 293 g/mol. The maximum absolute atomic E-state index is 12.6. The quantitative estimate of drug-likeness (QED) is 0.934. The summed E-state index contributed by atoms with van der Waals surface area (Å²) in [6.45, 7) is 0.217. The number of benzene rings is 1. The van der Waals surface area contributed by atoms with Crippen LogP contribution in [0.1, 0.15) is 5.56 Å². The van der Waals surface area contributed by atoms with Crippen molar-refractivity contribution in [1.82, 2.24) is 0 Å². The van der Waals surface area contributed by atoms with Crippen LogP contribution in [0.4, 0.5) is 5.69 Å². The fourth-order valence-electron chi connectivity index (χ4n) is 2.50. The molecule has 0 amide bonds. The number of nitrogens with zero attached hydrogens (tertiary/aromatic N) is 1. The largest absolute Gasteiger partial charge is 0.451 e. The van der Waals surface area contributed by atoms with Gasteiger partial charge in [-0.1, -0.05) is 18.2 Å². The van der Waals surface area contributed by atoms with E-state index in [4.69, 9.17) is 4.42 Å². The van der Waals surface area contributed by atoms with Crippen LogP contribution in [0.25, 0.3) is 0 Å². The summed E-state index contributed by atoms with van der Waals surface area (Å²) in [6.07, 6.45) is 2.02. The van der Waals surface area contributed by atoms with Gasteiger partial charge in [0.1, 0.15) is 0 Å². The van der Waals surface area contributed by atoms with Gasteiger partial charge in [-0.2, -0.15) is 8.42 Å². The topological polar surface area (TPSA) is 70.8 Å². The Bertz CT molecular complexity index is 694. The van der Waals surface area contributed by atoms with Gasteiger partial charge in [0.05, 0.1) is 12.0 Å². The predicted octanol–water partition coefficient (Wildman–Crippen LogP) is 1.64. The zero-order valence-electron chi connectivity index (χ0n) is 10.8. The van der Waals surface area contributed by atoms with Crippen molar-refractivity contribution in [2.45, 2.75) is 11.5 Å². The fourth-order valence-corrected chi connectivity index (χ4v) is 3.99. The van der Waals surface area contributed by atoms with E-state index in [2.05, 4.69) is 0 Å². The summed E-state index contributed by atoms with van der Waals surface area (Å²) in [6, 6.07) is 10.3. The lowest BCUT2D eigenvalue weighted by Crippen LogP contribution is -2.40. The zero-order chi connectivity index (χ0) is 14.2. The number of rotatable bonds is 3. The molecule has 3 rings (SSSR count). The second kappa shape index (κ2) is 4.96. The van der Waals surface area contributed by atoms with Gasteiger partial charge in [-0.05, 0) is 30.2 Å². The Balaban J connectivity index is 2.09. The molecular weight excluding hydrogens is 278 g/mol. The van der Waals surface area contributed by atoms with E-state index < -0.39 is 10.0 Å². The van der Waals surface area contributed by atoms with Crippen LogP contribution in [0, 0.1) is 5.92 Å². The molecule has 0 radical (unpaired) electrons. The van der Waals surface area contributed by atoms with E-state index >= 15 is 0 Å². The van der Waals surface area contributed by atoms with E-state index in [9.17, 15) is 13.5 Å². The predicted molar refractivity (Wildman–Crippen MR) is 74.0 cm³/mol. The Morgan fingerprint density at radius 1 is 1.25 bits per heavy atom. The van der Waals surface area contributed by atoms with E-state index in [-0.39, 0.29) is 24.2 Å². The van der Waals surface area contributed by atoms with Gasteiger partial charge in [0.15, 0.2) is 0 Å². The Labute approximate surface area is 117 Å². The smallest absolute Gasteiger partial charge is 0.297 e. The van der Waals surface area contributed by atoms with E-state index in [1.54, 1.807) is 12.1 Å². The van der Waals surface area contributed by atoms with Crippen LogP contribution >= 0.6 is 0 Å². The van der Waals surface area contributed by atoms with Crippen LogP contribution in [0.2, 0.25) is 0 Å². The molecule has 1 unspecified atom stereocenters. The molecule has 5 nitrogen and oxygen atoms in total. The van der Waals surface area contributed by atoms with Crippen molar-refractivity contribution in [3.63, 3.8) is 0 Å². The van der Waals surface area contributed by atoms with Crippen LogP contribution in [0.5, 0.6) is 0 Å². The third kappa shape index (κ3) is 2.10. The summed E-state index contributed by atoms with van der Waals surface area (Å²) < 4.78 is 31.6. The van der Waals surface area contributed by atoms with E-state index in [1.807, 2.05) is 18.2 Å². The number of aliphatic hydroxyl groups excluding tert-OH is 1. The minimum atomic E-state index is -3.72. The lowest BCUT2D eigenvalue weighted by Gasteiger charge is -2.33. The van der Waals surface area contributed by atoms with Crippen LogP contribution in [0.3, 0.4) is 0 Å². The third-order valence-electron chi connectivity index (χ3n) is 3.49. The van der Waals surface area contributed by atoms with Gasteiger partial charge >= 0.3 is 0 Å². The normalized spacial score (nSPS) is 18.9. The van der Waals surface area contributed by atoms with Gasteiger partial charge in [0, 0.05) is 19.1 Å². The van der Waals surface area contributed by atoms with Crippen molar-refractivity contribution < 1.29 is 17.9 Å². The minimum Gasteiger partial charge on any atom is -0.451 e. The third-order valence-corrected chi connectivity index (χ3v) is 5.16. The second-order valence-electron chi connectivity index (χ2n) is 4.85. The zero-order valence-corrected chi connectivity index (χ0v) is 11.6. The highest BCUT2D eigenvalue weighted by atomic mass is 32.2. The highest BCUT2D eigenvalue weighted by Gasteiger charge is 2.34. The first-order valence-electron chi connectivity index (χ1n) is 6.38. The molecular formula is C14H15NO4S. The number of aliphatic hydroxyl groups is 1. The van der Waals surface area contributed by atoms with E-state index in [1.165, 1.54) is 16.6 Å². The van der Waals surface area contributed by atoms with Gasteiger partial charge in [-0.25, -0.2) is 0 Å². The first-order chi connectivity index (χ1) is 9.63. The number of para-hydroxylation sites is 1. The molecule has 1 aromatic carbocycles. The number of furan rings is 1. The SMILES string of the molecule is O=S(=O)(c1ccco1)N1CC(CO)Cc2ccccc21. The Kier molecular flexibility index (Phi) is 3.27. The summed E-state index contributed by atoms with van der Waals surface area (Å²) in [4.78, 5) is 0.